The molecule has 3 amide bonds. The molecule has 0 saturated carbocycles. The first-order valence-corrected chi connectivity index (χ1v) is 6.58. The van der Waals surface area contributed by atoms with Gasteiger partial charge in [-0.1, -0.05) is 42.5 Å². The van der Waals surface area contributed by atoms with E-state index in [9.17, 15) is 14.7 Å². The molecule has 2 aromatic rings. The maximum absolute atomic E-state index is 11.8. The van der Waals surface area contributed by atoms with Gasteiger partial charge in [0.2, 0.25) is 0 Å². The van der Waals surface area contributed by atoms with Crippen molar-refractivity contribution in [2.24, 2.45) is 0 Å². The molecule has 0 aliphatic rings. The number of imide groups is 1. The van der Waals surface area contributed by atoms with E-state index in [4.69, 9.17) is 0 Å². The van der Waals surface area contributed by atoms with Crippen molar-refractivity contribution in [2.45, 2.75) is 6.42 Å². The molecular formula is C16H16N2O3. The van der Waals surface area contributed by atoms with Gasteiger partial charge in [-0.2, -0.15) is 0 Å². The molecule has 2 aromatic carbocycles. The number of urea groups is 1. The maximum Gasteiger partial charge on any atom is 0.321 e. The first kappa shape index (κ1) is 14.6. The zero-order valence-electron chi connectivity index (χ0n) is 11.4. The predicted molar refractivity (Wildman–Crippen MR) is 79.1 cm³/mol. The van der Waals surface area contributed by atoms with Crippen molar-refractivity contribution in [3.63, 3.8) is 0 Å². The van der Waals surface area contributed by atoms with Gasteiger partial charge >= 0.3 is 6.03 Å². The average Bonchev–Trinajstić information content (AvgIpc) is 2.48. The zero-order valence-corrected chi connectivity index (χ0v) is 11.4. The Hall–Kier alpha value is -2.82. The number of hydrogen-bond donors (Lipinski definition) is 3. The van der Waals surface area contributed by atoms with Gasteiger partial charge in [0.15, 0.2) is 0 Å². The fourth-order valence-electron chi connectivity index (χ4n) is 1.85. The van der Waals surface area contributed by atoms with Crippen LogP contribution in [0.15, 0.2) is 54.6 Å². The van der Waals surface area contributed by atoms with Crippen LogP contribution in [0.3, 0.4) is 0 Å². The topological polar surface area (TPSA) is 78.4 Å². The molecule has 0 radical (unpaired) electrons. The van der Waals surface area contributed by atoms with E-state index in [-0.39, 0.29) is 11.3 Å². The number of para-hydroxylation sites is 1. The van der Waals surface area contributed by atoms with Crippen molar-refractivity contribution in [3.05, 3.63) is 65.7 Å². The van der Waals surface area contributed by atoms with E-state index >= 15 is 0 Å². The van der Waals surface area contributed by atoms with Crippen LogP contribution in [0.1, 0.15) is 15.9 Å². The summed E-state index contributed by atoms with van der Waals surface area (Å²) in [5.41, 5.74) is 1.17. The van der Waals surface area contributed by atoms with Crippen molar-refractivity contribution in [3.8, 4) is 5.75 Å². The molecule has 0 unspecified atom stereocenters. The van der Waals surface area contributed by atoms with Gasteiger partial charge in [-0.25, -0.2) is 4.79 Å². The Balaban J connectivity index is 1.80. The SMILES string of the molecule is O=C(NCCc1ccccc1)NC(=O)c1ccccc1O. The molecule has 0 atom stereocenters. The fourth-order valence-corrected chi connectivity index (χ4v) is 1.85. The Kier molecular flexibility index (Phi) is 4.93. The summed E-state index contributed by atoms with van der Waals surface area (Å²) in [5, 5.41) is 14.3. The second-order valence-corrected chi connectivity index (χ2v) is 4.46. The van der Waals surface area contributed by atoms with E-state index < -0.39 is 11.9 Å². The second kappa shape index (κ2) is 7.09. The number of carbonyl (C=O) groups excluding carboxylic acids is 2. The Labute approximate surface area is 122 Å². The summed E-state index contributed by atoms with van der Waals surface area (Å²) >= 11 is 0. The molecule has 0 heterocycles. The van der Waals surface area contributed by atoms with Crippen LogP contribution in [0.2, 0.25) is 0 Å². The molecule has 5 heteroatoms. The predicted octanol–water partition coefficient (Wildman–Crippen LogP) is 2.07. The summed E-state index contributed by atoms with van der Waals surface area (Å²) in [5.74, 6) is -0.794. The summed E-state index contributed by atoms with van der Waals surface area (Å²) < 4.78 is 0. The normalized spacial score (nSPS) is 9.90. The number of amides is 3. The van der Waals surface area contributed by atoms with Crippen LogP contribution in [-0.4, -0.2) is 23.6 Å². The molecule has 2 rings (SSSR count). The van der Waals surface area contributed by atoms with Gasteiger partial charge in [-0.3, -0.25) is 10.1 Å². The van der Waals surface area contributed by atoms with E-state index in [0.29, 0.717) is 13.0 Å². The minimum absolute atomic E-state index is 0.0655. The van der Waals surface area contributed by atoms with Crippen LogP contribution in [0.4, 0.5) is 4.79 Å². The third-order valence-electron chi connectivity index (χ3n) is 2.92. The smallest absolute Gasteiger partial charge is 0.321 e. The highest BCUT2D eigenvalue weighted by Crippen LogP contribution is 2.14. The minimum atomic E-state index is -0.634. The average molecular weight is 284 g/mol. The summed E-state index contributed by atoms with van der Waals surface area (Å²) in [7, 11) is 0. The maximum atomic E-state index is 11.8. The number of benzene rings is 2. The number of phenolic OH excluding ortho intramolecular Hbond substituents is 1. The van der Waals surface area contributed by atoms with E-state index in [1.165, 1.54) is 12.1 Å². The molecule has 21 heavy (non-hydrogen) atoms. The van der Waals surface area contributed by atoms with Crippen molar-refractivity contribution in [1.29, 1.82) is 0 Å². The Bertz CT molecular complexity index is 626. The van der Waals surface area contributed by atoms with Gasteiger partial charge in [-0.05, 0) is 24.1 Å². The lowest BCUT2D eigenvalue weighted by atomic mass is 10.1. The third kappa shape index (κ3) is 4.35. The number of nitrogens with one attached hydrogen (secondary N) is 2. The van der Waals surface area contributed by atoms with Gasteiger partial charge < -0.3 is 10.4 Å². The van der Waals surface area contributed by atoms with Gasteiger partial charge in [0.05, 0.1) is 5.56 Å². The third-order valence-corrected chi connectivity index (χ3v) is 2.92. The number of carbonyl (C=O) groups is 2. The molecule has 0 aliphatic heterocycles. The van der Waals surface area contributed by atoms with Crippen molar-refractivity contribution in [1.82, 2.24) is 10.6 Å². The van der Waals surface area contributed by atoms with Gasteiger partial charge in [-0.15, -0.1) is 0 Å². The zero-order chi connectivity index (χ0) is 15.1. The molecule has 0 aliphatic carbocycles. The summed E-state index contributed by atoms with van der Waals surface area (Å²) in [6, 6.07) is 15.2. The lowest BCUT2D eigenvalue weighted by molar-refractivity contribution is 0.0961. The van der Waals surface area contributed by atoms with Crippen LogP contribution < -0.4 is 10.6 Å². The minimum Gasteiger partial charge on any atom is -0.507 e. The summed E-state index contributed by atoms with van der Waals surface area (Å²) in [6.45, 7) is 0.421. The Morgan fingerprint density at radius 3 is 2.33 bits per heavy atom. The van der Waals surface area contributed by atoms with Crippen molar-refractivity contribution in [2.75, 3.05) is 6.54 Å². The number of rotatable bonds is 4. The van der Waals surface area contributed by atoms with E-state index in [0.717, 1.165) is 5.56 Å². The molecule has 0 bridgehead atoms. The molecular weight excluding hydrogens is 268 g/mol. The first-order chi connectivity index (χ1) is 10.2. The summed E-state index contributed by atoms with van der Waals surface area (Å²) in [4.78, 5) is 23.4. The quantitative estimate of drug-likeness (QED) is 0.804. The fraction of sp³-hybridized carbons (Fsp3) is 0.125. The highest BCUT2D eigenvalue weighted by atomic mass is 16.3. The molecule has 3 N–H and O–H groups in total. The molecule has 0 fully saturated rings. The molecule has 5 nitrogen and oxygen atoms in total. The van der Waals surface area contributed by atoms with E-state index in [1.807, 2.05) is 30.3 Å². The van der Waals surface area contributed by atoms with Crippen LogP contribution in [-0.2, 0) is 6.42 Å². The molecule has 108 valence electrons. The number of hydrogen-bond acceptors (Lipinski definition) is 3. The number of aromatic hydroxyl groups is 1. The highest BCUT2D eigenvalue weighted by Gasteiger charge is 2.12. The highest BCUT2D eigenvalue weighted by molar-refractivity contribution is 6.05. The van der Waals surface area contributed by atoms with Gasteiger partial charge in [0, 0.05) is 6.54 Å². The van der Waals surface area contributed by atoms with Gasteiger partial charge in [0.25, 0.3) is 5.91 Å². The number of phenols is 1. The van der Waals surface area contributed by atoms with Gasteiger partial charge in [0.1, 0.15) is 5.75 Å². The van der Waals surface area contributed by atoms with Crippen molar-refractivity contribution < 1.29 is 14.7 Å². The van der Waals surface area contributed by atoms with Crippen LogP contribution in [0, 0.1) is 0 Å². The monoisotopic (exact) mass is 284 g/mol. The lowest BCUT2D eigenvalue weighted by Crippen LogP contribution is -2.40. The Morgan fingerprint density at radius 1 is 0.952 bits per heavy atom. The van der Waals surface area contributed by atoms with Crippen LogP contribution in [0.25, 0.3) is 0 Å². The largest absolute Gasteiger partial charge is 0.507 e. The first-order valence-electron chi connectivity index (χ1n) is 6.58. The second-order valence-electron chi connectivity index (χ2n) is 4.46. The summed E-state index contributed by atoms with van der Waals surface area (Å²) in [6.07, 6.45) is 0.680. The lowest BCUT2D eigenvalue weighted by Gasteiger charge is -2.07. The van der Waals surface area contributed by atoms with E-state index in [2.05, 4.69) is 10.6 Å². The van der Waals surface area contributed by atoms with Crippen LogP contribution >= 0.6 is 0 Å². The standard InChI is InChI=1S/C16H16N2O3/c19-14-9-5-4-8-13(14)15(20)18-16(21)17-11-10-12-6-2-1-3-7-12/h1-9,19H,10-11H2,(H2,17,18,20,21). The van der Waals surface area contributed by atoms with Crippen molar-refractivity contribution >= 4 is 11.9 Å². The Morgan fingerprint density at radius 2 is 1.62 bits per heavy atom. The molecule has 0 spiro atoms. The molecule has 0 saturated heterocycles. The molecule has 0 aromatic heterocycles. The van der Waals surface area contributed by atoms with Crippen LogP contribution in [0.5, 0.6) is 5.75 Å². The van der Waals surface area contributed by atoms with E-state index in [1.54, 1.807) is 12.1 Å².